The van der Waals surface area contributed by atoms with E-state index in [2.05, 4.69) is 15.3 Å². The van der Waals surface area contributed by atoms with Crippen molar-refractivity contribution in [1.82, 2.24) is 20.0 Å². The fraction of sp³-hybridized carbons (Fsp3) is 0.500. The Morgan fingerprint density at radius 3 is 2.94 bits per heavy atom. The van der Waals surface area contributed by atoms with Gasteiger partial charge < -0.3 is 5.73 Å². The van der Waals surface area contributed by atoms with Crippen LogP contribution in [0.15, 0.2) is 14.9 Å². The normalized spacial score (nSPS) is 12.9. The predicted molar refractivity (Wildman–Crippen MR) is 69.3 cm³/mol. The van der Waals surface area contributed by atoms with Gasteiger partial charge in [-0.25, -0.2) is 0 Å². The summed E-state index contributed by atoms with van der Waals surface area (Å²) in [6.07, 6.45) is 0.834. The summed E-state index contributed by atoms with van der Waals surface area (Å²) in [6, 6.07) is 0.131. The Kier molecular flexibility index (Phi) is 3.80. The number of nitrogens with zero attached hydrogens (tertiary/aromatic N) is 4. The van der Waals surface area contributed by atoms with Crippen molar-refractivity contribution < 1.29 is 0 Å². The van der Waals surface area contributed by atoms with Gasteiger partial charge in [0, 0.05) is 18.7 Å². The van der Waals surface area contributed by atoms with Crippen molar-refractivity contribution in [3.63, 3.8) is 0 Å². The lowest BCUT2D eigenvalue weighted by Crippen LogP contribution is -2.18. The van der Waals surface area contributed by atoms with Gasteiger partial charge in [0.1, 0.15) is 10.5 Å². The van der Waals surface area contributed by atoms with E-state index in [4.69, 9.17) is 5.73 Å². The molecule has 5 nitrogen and oxygen atoms in total. The molecule has 2 aromatic heterocycles. The molecular weight excluding hydrogens is 254 g/mol. The van der Waals surface area contributed by atoms with E-state index in [9.17, 15) is 0 Å². The van der Waals surface area contributed by atoms with Gasteiger partial charge in [-0.05, 0) is 32.0 Å². The summed E-state index contributed by atoms with van der Waals surface area (Å²) in [5.74, 6) is 0. The molecule has 0 saturated heterocycles. The van der Waals surface area contributed by atoms with Crippen LogP contribution in [0.4, 0.5) is 0 Å². The fourth-order valence-electron chi connectivity index (χ4n) is 1.66. The number of nitrogens with two attached hydrogens (primary N) is 1. The smallest absolute Gasteiger partial charge is 0.180 e. The summed E-state index contributed by atoms with van der Waals surface area (Å²) in [4.78, 5) is 0. The van der Waals surface area contributed by atoms with Crippen molar-refractivity contribution in [2.75, 3.05) is 0 Å². The van der Waals surface area contributed by atoms with Gasteiger partial charge in [-0.1, -0.05) is 11.3 Å². The molecule has 0 fully saturated rings. The minimum Gasteiger partial charge on any atom is -0.328 e. The molecule has 0 amide bonds. The summed E-state index contributed by atoms with van der Waals surface area (Å²) in [6.45, 7) is 4.02. The number of hydrogen-bond acceptors (Lipinski definition) is 6. The molecule has 0 spiro atoms. The Bertz CT molecular complexity index is 489. The van der Waals surface area contributed by atoms with Gasteiger partial charge in [0.15, 0.2) is 4.34 Å². The summed E-state index contributed by atoms with van der Waals surface area (Å²) < 4.78 is 2.82. The molecule has 7 heteroatoms. The molecule has 0 aliphatic heterocycles. The molecule has 1 atom stereocenters. The minimum atomic E-state index is 0.131. The van der Waals surface area contributed by atoms with Crippen LogP contribution >= 0.6 is 23.1 Å². The zero-order valence-electron chi connectivity index (χ0n) is 10.0. The molecule has 0 aromatic carbocycles. The highest BCUT2D eigenvalue weighted by Crippen LogP contribution is 2.32. The Morgan fingerprint density at radius 2 is 2.35 bits per heavy atom. The largest absolute Gasteiger partial charge is 0.328 e. The van der Waals surface area contributed by atoms with Crippen LogP contribution in [0.25, 0.3) is 0 Å². The molecule has 2 aromatic rings. The third-order valence-electron chi connectivity index (χ3n) is 2.34. The van der Waals surface area contributed by atoms with Gasteiger partial charge in [-0.2, -0.15) is 5.10 Å². The van der Waals surface area contributed by atoms with Crippen LogP contribution in [0.5, 0.6) is 0 Å². The van der Waals surface area contributed by atoms with Crippen LogP contribution in [-0.4, -0.2) is 26.0 Å². The third kappa shape index (κ3) is 2.85. The predicted octanol–water partition coefficient (Wildman–Crippen LogP) is 1.62. The first-order chi connectivity index (χ1) is 8.08. The van der Waals surface area contributed by atoms with E-state index in [1.165, 1.54) is 16.9 Å². The topological polar surface area (TPSA) is 69.6 Å². The summed E-state index contributed by atoms with van der Waals surface area (Å²) in [5, 5.41) is 13.4. The quantitative estimate of drug-likeness (QED) is 0.913. The fourth-order valence-corrected chi connectivity index (χ4v) is 3.27. The highest BCUT2D eigenvalue weighted by atomic mass is 32.2. The molecule has 0 saturated carbocycles. The average Bonchev–Trinajstić information content (AvgIpc) is 2.82. The molecule has 0 aliphatic rings. The Morgan fingerprint density at radius 1 is 1.59 bits per heavy atom. The van der Waals surface area contributed by atoms with Gasteiger partial charge in [0.25, 0.3) is 0 Å². The molecule has 0 radical (unpaired) electrons. The lowest BCUT2D eigenvalue weighted by Gasteiger charge is -2.06. The Balaban J connectivity index is 2.31. The number of hydrogen-bond donors (Lipinski definition) is 1. The maximum atomic E-state index is 5.87. The molecule has 17 heavy (non-hydrogen) atoms. The molecule has 2 rings (SSSR count). The monoisotopic (exact) mass is 269 g/mol. The van der Waals surface area contributed by atoms with Gasteiger partial charge in [-0.15, -0.1) is 10.2 Å². The van der Waals surface area contributed by atoms with E-state index in [1.54, 1.807) is 17.3 Å². The molecule has 2 heterocycles. The number of rotatable bonds is 4. The summed E-state index contributed by atoms with van der Waals surface area (Å²) in [7, 11) is 1.95. The first-order valence-electron chi connectivity index (χ1n) is 5.30. The SMILES string of the molecule is Cc1nn(C)c(Sc2nncs2)c1CC(C)N. The zero-order chi connectivity index (χ0) is 12.4. The first-order valence-corrected chi connectivity index (χ1v) is 6.99. The van der Waals surface area contributed by atoms with Crippen LogP contribution in [0.1, 0.15) is 18.2 Å². The van der Waals surface area contributed by atoms with E-state index in [-0.39, 0.29) is 6.04 Å². The third-order valence-corrected chi connectivity index (χ3v) is 4.32. The van der Waals surface area contributed by atoms with E-state index in [1.807, 2.05) is 25.6 Å². The zero-order valence-corrected chi connectivity index (χ0v) is 11.7. The second kappa shape index (κ2) is 5.16. The van der Waals surface area contributed by atoms with Crippen LogP contribution < -0.4 is 5.73 Å². The minimum absolute atomic E-state index is 0.131. The molecule has 0 bridgehead atoms. The van der Waals surface area contributed by atoms with Crippen molar-refractivity contribution in [3.8, 4) is 0 Å². The van der Waals surface area contributed by atoms with Crippen molar-refractivity contribution in [2.24, 2.45) is 12.8 Å². The standard InChI is InChI=1S/C10H15N5S2/c1-6(11)4-8-7(2)14-15(3)9(8)17-10-13-12-5-16-10/h5-6H,4,11H2,1-3H3. The maximum absolute atomic E-state index is 5.87. The van der Waals surface area contributed by atoms with E-state index in [0.29, 0.717) is 0 Å². The van der Waals surface area contributed by atoms with Crippen LogP contribution in [0.2, 0.25) is 0 Å². The van der Waals surface area contributed by atoms with Gasteiger partial charge in [-0.3, -0.25) is 4.68 Å². The second-order valence-electron chi connectivity index (χ2n) is 3.98. The Hall–Kier alpha value is -0.920. The molecule has 0 aliphatic carbocycles. The number of aryl methyl sites for hydroxylation is 2. The molecular formula is C10H15N5S2. The van der Waals surface area contributed by atoms with E-state index in [0.717, 1.165) is 21.5 Å². The molecule has 2 N–H and O–H groups in total. The van der Waals surface area contributed by atoms with E-state index < -0.39 is 0 Å². The molecule has 1 unspecified atom stereocenters. The van der Waals surface area contributed by atoms with Gasteiger partial charge >= 0.3 is 0 Å². The summed E-state index contributed by atoms with van der Waals surface area (Å²) >= 11 is 3.13. The Labute approximate surface area is 108 Å². The average molecular weight is 269 g/mol. The maximum Gasteiger partial charge on any atom is 0.180 e. The van der Waals surface area contributed by atoms with Crippen molar-refractivity contribution >= 4 is 23.1 Å². The van der Waals surface area contributed by atoms with Crippen LogP contribution in [-0.2, 0) is 13.5 Å². The van der Waals surface area contributed by atoms with Crippen molar-refractivity contribution in [1.29, 1.82) is 0 Å². The van der Waals surface area contributed by atoms with E-state index >= 15 is 0 Å². The number of aromatic nitrogens is 4. The van der Waals surface area contributed by atoms with Crippen molar-refractivity contribution in [2.45, 2.75) is 35.7 Å². The highest BCUT2D eigenvalue weighted by molar-refractivity contribution is 8.01. The van der Waals surface area contributed by atoms with Gasteiger partial charge in [0.05, 0.1) is 5.69 Å². The van der Waals surface area contributed by atoms with Gasteiger partial charge in [0.2, 0.25) is 0 Å². The van der Waals surface area contributed by atoms with Crippen molar-refractivity contribution in [3.05, 3.63) is 16.8 Å². The lowest BCUT2D eigenvalue weighted by atomic mass is 10.1. The first kappa shape index (κ1) is 12.5. The lowest BCUT2D eigenvalue weighted by molar-refractivity contribution is 0.677. The molecule has 92 valence electrons. The summed E-state index contributed by atoms with van der Waals surface area (Å²) in [5.41, 5.74) is 9.86. The highest BCUT2D eigenvalue weighted by Gasteiger charge is 2.16. The second-order valence-corrected chi connectivity index (χ2v) is 6.05. The van der Waals surface area contributed by atoms with Crippen LogP contribution in [0, 0.1) is 6.92 Å². The van der Waals surface area contributed by atoms with Crippen LogP contribution in [0.3, 0.4) is 0 Å².